The lowest BCUT2D eigenvalue weighted by atomic mass is 10.1. The van der Waals surface area contributed by atoms with E-state index in [1.54, 1.807) is 6.07 Å². The van der Waals surface area contributed by atoms with Crippen LogP contribution in [0.15, 0.2) is 24.4 Å². The van der Waals surface area contributed by atoms with Gasteiger partial charge in [-0.1, -0.05) is 29.3 Å². The van der Waals surface area contributed by atoms with Gasteiger partial charge in [-0.3, -0.25) is 14.7 Å². The largest absolute Gasteiger partial charge is 0.511 e. The van der Waals surface area contributed by atoms with E-state index in [-0.39, 0.29) is 39.8 Å². The molecule has 1 fully saturated rings. The van der Waals surface area contributed by atoms with Crippen molar-refractivity contribution in [3.63, 3.8) is 0 Å². The number of hydrogen-bond donors (Lipinski definition) is 3. The third kappa shape index (κ3) is 5.00. The molecule has 9 nitrogen and oxygen atoms in total. The zero-order chi connectivity index (χ0) is 23.7. The summed E-state index contributed by atoms with van der Waals surface area (Å²) in [7, 11) is -5.41. The van der Waals surface area contributed by atoms with Gasteiger partial charge in [0.15, 0.2) is 5.69 Å². The van der Waals surface area contributed by atoms with Crippen molar-refractivity contribution in [2.24, 2.45) is 0 Å². The third-order valence-electron chi connectivity index (χ3n) is 4.72. The van der Waals surface area contributed by atoms with E-state index in [9.17, 15) is 31.2 Å². The standard InChI is InChI=1S/C17H16Cl2F3N5O4S/c18-10-2-1-3-11(19)13(10)15(28)25-12-8-23-26-14(12)16(29)24-9-4-6-27(7-5-9)32(30,31)17(20,21)22/h1-3,8-9H,4-7H2,(H,23,26)(H,24,29)(H,25,28). The van der Waals surface area contributed by atoms with E-state index in [1.807, 2.05) is 0 Å². The molecule has 3 N–H and O–H groups in total. The lowest BCUT2D eigenvalue weighted by molar-refractivity contribution is -0.0495. The summed E-state index contributed by atoms with van der Waals surface area (Å²) in [6.07, 6.45) is 1.21. The van der Waals surface area contributed by atoms with Crippen molar-refractivity contribution in [2.75, 3.05) is 18.4 Å². The first-order chi connectivity index (χ1) is 14.9. The summed E-state index contributed by atoms with van der Waals surface area (Å²) in [4.78, 5) is 25.1. The second-order valence-corrected chi connectivity index (χ2v) is 9.54. The van der Waals surface area contributed by atoms with Gasteiger partial charge >= 0.3 is 15.5 Å². The average Bonchev–Trinajstić information content (AvgIpc) is 3.15. The number of aromatic amines is 1. The van der Waals surface area contributed by atoms with E-state index in [2.05, 4.69) is 20.8 Å². The number of carbonyl (C=O) groups is 2. The van der Waals surface area contributed by atoms with Crippen LogP contribution in [0.2, 0.25) is 10.0 Å². The number of hydrogen-bond acceptors (Lipinski definition) is 5. The average molecular weight is 514 g/mol. The van der Waals surface area contributed by atoms with Gasteiger partial charge in [-0.25, -0.2) is 8.42 Å². The molecule has 1 saturated heterocycles. The maximum Gasteiger partial charge on any atom is 0.511 e. The lowest BCUT2D eigenvalue weighted by Gasteiger charge is -2.31. The first-order valence-corrected chi connectivity index (χ1v) is 11.3. The summed E-state index contributed by atoms with van der Waals surface area (Å²) in [6.45, 7) is -0.802. The second-order valence-electron chi connectivity index (χ2n) is 6.80. The number of benzene rings is 1. The second kappa shape index (κ2) is 9.25. The molecular formula is C17H16Cl2F3N5O4S. The number of H-pyrrole nitrogens is 1. The van der Waals surface area contributed by atoms with Crippen molar-refractivity contribution in [1.29, 1.82) is 0 Å². The Morgan fingerprint density at radius 2 is 1.72 bits per heavy atom. The number of amides is 2. The maximum absolute atomic E-state index is 12.7. The Bertz CT molecular complexity index is 1110. The Labute approximate surface area is 190 Å². The van der Waals surface area contributed by atoms with Crippen molar-refractivity contribution in [3.8, 4) is 0 Å². The number of rotatable bonds is 5. The highest BCUT2D eigenvalue weighted by Crippen LogP contribution is 2.29. The number of sulfonamides is 1. The minimum absolute atomic E-state index is 0.00152. The Hall–Kier alpha value is -2.35. The summed E-state index contributed by atoms with van der Waals surface area (Å²) in [5.74, 6) is -1.38. The van der Waals surface area contributed by atoms with Gasteiger partial charge in [-0.15, -0.1) is 0 Å². The van der Waals surface area contributed by atoms with Gasteiger partial charge in [-0.05, 0) is 25.0 Å². The molecule has 2 aromatic rings. The van der Waals surface area contributed by atoms with Crippen LogP contribution in [0.25, 0.3) is 0 Å². The number of carbonyl (C=O) groups excluding carboxylic acids is 2. The first-order valence-electron chi connectivity index (χ1n) is 9.08. The predicted molar refractivity (Wildman–Crippen MR) is 110 cm³/mol. The molecule has 0 unspecified atom stereocenters. The molecule has 0 atom stereocenters. The summed E-state index contributed by atoms with van der Waals surface area (Å²) < 4.78 is 61.3. The summed E-state index contributed by atoms with van der Waals surface area (Å²) in [6, 6.07) is 3.91. The van der Waals surface area contributed by atoms with E-state index in [4.69, 9.17) is 23.2 Å². The summed E-state index contributed by atoms with van der Waals surface area (Å²) in [5, 5.41) is 11.5. The molecule has 1 aromatic heterocycles. The molecule has 0 bridgehead atoms. The monoisotopic (exact) mass is 513 g/mol. The zero-order valence-electron chi connectivity index (χ0n) is 16.0. The summed E-state index contributed by atoms with van der Waals surface area (Å²) in [5.41, 5.74) is -5.52. The molecule has 1 aliphatic heterocycles. The number of halogens is 5. The molecule has 0 spiro atoms. The number of anilines is 1. The van der Waals surface area contributed by atoms with Crippen LogP contribution in [0.1, 0.15) is 33.7 Å². The number of nitrogens with one attached hydrogen (secondary N) is 3. The molecule has 32 heavy (non-hydrogen) atoms. The van der Waals surface area contributed by atoms with Crippen molar-refractivity contribution in [1.82, 2.24) is 19.8 Å². The molecule has 0 saturated carbocycles. The van der Waals surface area contributed by atoms with E-state index >= 15 is 0 Å². The van der Waals surface area contributed by atoms with Crippen LogP contribution >= 0.6 is 23.2 Å². The van der Waals surface area contributed by atoms with Gasteiger partial charge in [0.05, 0.1) is 21.3 Å². The van der Waals surface area contributed by atoms with Crippen LogP contribution in [0.3, 0.4) is 0 Å². The molecule has 0 radical (unpaired) electrons. The molecule has 1 aromatic carbocycles. The quantitative estimate of drug-likeness (QED) is 0.566. The van der Waals surface area contributed by atoms with Crippen molar-refractivity contribution in [2.45, 2.75) is 24.4 Å². The molecule has 0 aliphatic carbocycles. The summed E-state index contributed by atoms with van der Waals surface area (Å²) >= 11 is 12.0. The highest BCUT2D eigenvalue weighted by atomic mass is 35.5. The predicted octanol–water partition coefficient (Wildman–Crippen LogP) is 3.01. The minimum Gasteiger partial charge on any atom is -0.348 e. The van der Waals surface area contributed by atoms with Crippen LogP contribution in [0.4, 0.5) is 18.9 Å². The first kappa shape index (κ1) is 24.3. The van der Waals surface area contributed by atoms with Gasteiger partial charge in [0.1, 0.15) is 0 Å². The van der Waals surface area contributed by atoms with Gasteiger partial charge in [0.2, 0.25) is 0 Å². The highest BCUT2D eigenvalue weighted by Gasteiger charge is 2.50. The van der Waals surface area contributed by atoms with E-state index in [1.165, 1.54) is 18.3 Å². The number of aromatic nitrogens is 2. The van der Waals surface area contributed by atoms with Gasteiger partial charge < -0.3 is 10.6 Å². The van der Waals surface area contributed by atoms with Crippen molar-refractivity contribution < 1.29 is 31.2 Å². The fraction of sp³-hybridized carbons (Fsp3) is 0.353. The van der Waals surface area contributed by atoms with Crippen LogP contribution in [-0.2, 0) is 10.0 Å². The fourth-order valence-corrected chi connectivity index (χ4v) is 4.65. The molecule has 3 rings (SSSR count). The third-order valence-corrected chi connectivity index (χ3v) is 6.97. The van der Waals surface area contributed by atoms with E-state index < -0.39 is 46.5 Å². The smallest absolute Gasteiger partial charge is 0.348 e. The Morgan fingerprint density at radius 1 is 1.12 bits per heavy atom. The topological polar surface area (TPSA) is 124 Å². The van der Waals surface area contributed by atoms with Crippen LogP contribution in [0.5, 0.6) is 0 Å². The van der Waals surface area contributed by atoms with Gasteiger partial charge in [0, 0.05) is 25.3 Å². The number of nitrogens with zero attached hydrogens (tertiary/aromatic N) is 2. The van der Waals surface area contributed by atoms with Crippen LogP contribution in [0, 0.1) is 0 Å². The fourth-order valence-electron chi connectivity index (χ4n) is 3.10. The highest BCUT2D eigenvalue weighted by molar-refractivity contribution is 7.90. The Balaban J connectivity index is 1.64. The molecule has 2 amide bonds. The lowest BCUT2D eigenvalue weighted by Crippen LogP contribution is -2.49. The molecule has 1 aliphatic rings. The van der Waals surface area contributed by atoms with E-state index in [0.717, 1.165) is 0 Å². The van der Waals surface area contributed by atoms with Crippen molar-refractivity contribution in [3.05, 3.63) is 45.7 Å². The van der Waals surface area contributed by atoms with Gasteiger partial charge in [0.25, 0.3) is 11.8 Å². The van der Waals surface area contributed by atoms with Crippen LogP contribution in [-0.4, -0.2) is 59.4 Å². The molecular weight excluding hydrogens is 498 g/mol. The van der Waals surface area contributed by atoms with E-state index in [0.29, 0.717) is 4.31 Å². The number of alkyl halides is 3. The normalized spacial score (nSPS) is 16.0. The zero-order valence-corrected chi connectivity index (χ0v) is 18.4. The number of piperidine rings is 1. The maximum atomic E-state index is 12.7. The van der Waals surface area contributed by atoms with Crippen LogP contribution < -0.4 is 10.6 Å². The minimum atomic E-state index is -5.41. The SMILES string of the molecule is O=C(NC1CCN(S(=O)(=O)C(F)(F)F)CC1)c1n[nH]cc1NC(=O)c1c(Cl)cccc1Cl. The molecule has 174 valence electrons. The van der Waals surface area contributed by atoms with Crippen molar-refractivity contribution >= 4 is 50.7 Å². The molecule has 2 heterocycles. The molecule has 15 heteroatoms. The Kier molecular flexibility index (Phi) is 7.03. The Morgan fingerprint density at radius 3 is 2.28 bits per heavy atom. The van der Waals surface area contributed by atoms with Gasteiger partial charge in [-0.2, -0.15) is 22.6 Å².